The van der Waals surface area contributed by atoms with Crippen LogP contribution in [0.4, 0.5) is 0 Å². The fraction of sp³-hybridized carbons (Fsp3) is 0.526. The standard InChI is InChI=1S/C19H23NO4/c1-2-3-4-5-7-15-12-14-9-10-17(20-23)16(14)13-18(15)24-11-6-8-19(21)22/h12-13,17H,2,5-11H2,1H3,(H,21,22). The van der Waals surface area contributed by atoms with E-state index in [9.17, 15) is 9.70 Å². The third-order valence-corrected chi connectivity index (χ3v) is 4.11. The van der Waals surface area contributed by atoms with Crippen LogP contribution in [-0.4, -0.2) is 17.7 Å². The van der Waals surface area contributed by atoms with Gasteiger partial charge >= 0.3 is 5.97 Å². The van der Waals surface area contributed by atoms with Gasteiger partial charge in [-0.2, -0.15) is 4.91 Å². The molecule has 0 aromatic heterocycles. The summed E-state index contributed by atoms with van der Waals surface area (Å²) in [5.41, 5.74) is 3.18. The Balaban J connectivity index is 2.13. The van der Waals surface area contributed by atoms with Gasteiger partial charge in [0.2, 0.25) is 0 Å². The number of nitrogens with zero attached hydrogens (tertiary/aromatic N) is 1. The molecule has 24 heavy (non-hydrogen) atoms. The smallest absolute Gasteiger partial charge is 0.303 e. The maximum Gasteiger partial charge on any atom is 0.303 e. The monoisotopic (exact) mass is 329 g/mol. The molecule has 1 atom stereocenters. The molecule has 1 aliphatic rings. The first kappa shape index (κ1) is 18.0. The van der Waals surface area contributed by atoms with Crippen LogP contribution in [0.15, 0.2) is 17.3 Å². The molecule has 5 nitrogen and oxygen atoms in total. The fourth-order valence-corrected chi connectivity index (χ4v) is 2.92. The van der Waals surface area contributed by atoms with Crippen molar-refractivity contribution >= 4 is 5.97 Å². The number of carbonyl (C=O) groups is 1. The van der Waals surface area contributed by atoms with E-state index >= 15 is 0 Å². The number of carboxylic acids is 1. The molecular formula is C19H23NO4. The number of fused-ring (bicyclic) bond motifs is 1. The average Bonchev–Trinajstić information content (AvgIpc) is 2.97. The van der Waals surface area contributed by atoms with Gasteiger partial charge in [0.15, 0.2) is 0 Å². The molecule has 2 rings (SSSR count). The van der Waals surface area contributed by atoms with Gasteiger partial charge < -0.3 is 9.84 Å². The zero-order valence-electron chi connectivity index (χ0n) is 14.0. The number of hydrogen-bond donors (Lipinski definition) is 1. The first-order valence-electron chi connectivity index (χ1n) is 8.44. The summed E-state index contributed by atoms with van der Waals surface area (Å²) in [7, 11) is 0. The fourth-order valence-electron chi connectivity index (χ4n) is 2.92. The molecule has 5 heteroatoms. The Hall–Kier alpha value is -2.35. The number of carboxylic acid groups (broad SMARTS) is 1. The van der Waals surface area contributed by atoms with Gasteiger partial charge in [-0.3, -0.25) is 4.79 Å². The number of aryl methyl sites for hydroxylation is 2. The third kappa shape index (κ3) is 4.82. The SMILES string of the molecule is CCC#CCCc1cc2c(cc1OCCCC(=O)O)C(N=O)CC2. The number of aliphatic carboxylic acids is 1. The van der Waals surface area contributed by atoms with E-state index < -0.39 is 5.97 Å². The predicted octanol–water partition coefficient (Wildman–Crippen LogP) is 4.03. The van der Waals surface area contributed by atoms with Crippen molar-refractivity contribution in [3.63, 3.8) is 0 Å². The minimum Gasteiger partial charge on any atom is -0.493 e. The summed E-state index contributed by atoms with van der Waals surface area (Å²) in [6, 6.07) is 3.72. The molecule has 1 unspecified atom stereocenters. The number of hydrogen-bond acceptors (Lipinski definition) is 4. The normalized spacial score (nSPS) is 15.3. The summed E-state index contributed by atoms with van der Waals surface area (Å²) in [6.45, 7) is 2.36. The van der Waals surface area contributed by atoms with Crippen molar-refractivity contribution in [2.75, 3.05) is 6.61 Å². The molecule has 1 aliphatic carbocycles. The molecule has 0 bridgehead atoms. The minimum absolute atomic E-state index is 0.0841. The van der Waals surface area contributed by atoms with Crippen LogP contribution in [0.3, 0.4) is 0 Å². The van der Waals surface area contributed by atoms with Crippen LogP contribution < -0.4 is 4.74 Å². The summed E-state index contributed by atoms with van der Waals surface area (Å²) >= 11 is 0. The Labute approximate surface area is 142 Å². The lowest BCUT2D eigenvalue weighted by molar-refractivity contribution is -0.137. The third-order valence-electron chi connectivity index (χ3n) is 4.11. The van der Waals surface area contributed by atoms with Crippen LogP contribution in [0.5, 0.6) is 5.75 Å². The summed E-state index contributed by atoms with van der Waals surface area (Å²) in [5.74, 6) is 6.09. The van der Waals surface area contributed by atoms with E-state index in [1.165, 1.54) is 0 Å². The molecule has 1 N–H and O–H groups in total. The van der Waals surface area contributed by atoms with Gasteiger partial charge in [0.25, 0.3) is 0 Å². The highest BCUT2D eigenvalue weighted by molar-refractivity contribution is 5.66. The summed E-state index contributed by atoms with van der Waals surface area (Å²) in [5, 5.41) is 11.9. The zero-order chi connectivity index (χ0) is 17.4. The van der Waals surface area contributed by atoms with Gasteiger partial charge in [-0.1, -0.05) is 18.2 Å². The van der Waals surface area contributed by atoms with E-state index in [2.05, 4.69) is 23.1 Å². The first-order valence-corrected chi connectivity index (χ1v) is 8.44. The molecule has 1 aromatic carbocycles. The van der Waals surface area contributed by atoms with Crippen LogP contribution in [0.25, 0.3) is 0 Å². The van der Waals surface area contributed by atoms with Crippen molar-refractivity contribution in [1.82, 2.24) is 0 Å². The Morgan fingerprint density at radius 2 is 2.25 bits per heavy atom. The molecule has 0 fully saturated rings. The quantitative estimate of drug-likeness (QED) is 0.444. The molecule has 0 saturated carbocycles. The molecule has 0 amide bonds. The second-order valence-corrected chi connectivity index (χ2v) is 5.87. The van der Waals surface area contributed by atoms with E-state index in [-0.39, 0.29) is 12.5 Å². The number of rotatable bonds is 8. The molecule has 128 valence electrons. The maximum absolute atomic E-state index is 11.0. The van der Waals surface area contributed by atoms with Gasteiger partial charge in [0.05, 0.1) is 6.61 Å². The highest BCUT2D eigenvalue weighted by atomic mass is 16.5. The topological polar surface area (TPSA) is 76.0 Å². The van der Waals surface area contributed by atoms with Crippen LogP contribution in [0.2, 0.25) is 0 Å². The Morgan fingerprint density at radius 3 is 2.96 bits per heavy atom. The summed E-state index contributed by atoms with van der Waals surface area (Å²) in [4.78, 5) is 21.6. The van der Waals surface area contributed by atoms with Crippen LogP contribution in [0, 0.1) is 16.7 Å². The lowest BCUT2D eigenvalue weighted by Crippen LogP contribution is -2.05. The highest BCUT2D eigenvalue weighted by Crippen LogP contribution is 2.38. The van der Waals surface area contributed by atoms with E-state index in [1.54, 1.807) is 0 Å². The van der Waals surface area contributed by atoms with E-state index in [0.717, 1.165) is 54.5 Å². The van der Waals surface area contributed by atoms with E-state index in [0.29, 0.717) is 13.0 Å². The van der Waals surface area contributed by atoms with E-state index in [1.807, 2.05) is 13.0 Å². The second kappa shape index (κ2) is 9.07. The second-order valence-electron chi connectivity index (χ2n) is 5.87. The molecule has 0 saturated heterocycles. The van der Waals surface area contributed by atoms with Crippen molar-refractivity contribution in [3.05, 3.63) is 33.7 Å². The van der Waals surface area contributed by atoms with Gasteiger partial charge in [-0.25, -0.2) is 0 Å². The molecule has 0 heterocycles. The molecule has 0 aliphatic heterocycles. The zero-order valence-corrected chi connectivity index (χ0v) is 14.0. The van der Waals surface area contributed by atoms with Gasteiger partial charge in [0, 0.05) is 19.3 Å². The summed E-state index contributed by atoms with van der Waals surface area (Å²) in [6.07, 6.45) is 4.53. The van der Waals surface area contributed by atoms with E-state index in [4.69, 9.17) is 9.84 Å². The minimum atomic E-state index is -0.826. The average molecular weight is 329 g/mol. The van der Waals surface area contributed by atoms with Gasteiger partial charge in [-0.05, 0) is 48.4 Å². The number of benzene rings is 1. The highest BCUT2D eigenvalue weighted by Gasteiger charge is 2.25. The van der Waals surface area contributed by atoms with Crippen molar-refractivity contribution < 1.29 is 14.6 Å². The molecule has 0 radical (unpaired) electrons. The number of nitroso groups, excluding NO2 is 1. The first-order chi connectivity index (χ1) is 11.7. The summed E-state index contributed by atoms with van der Waals surface area (Å²) < 4.78 is 5.81. The number of ether oxygens (including phenoxy) is 1. The Bertz CT molecular complexity index is 657. The Morgan fingerprint density at radius 1 is 1.42 bits per heavy atom. The van der Waals surface area contributed by atoms with Crippen molar-refractivity contribution in [2.24, 2.45) is 5.18 Å². The Kier molecular flexibility index (Phi) is 6.80. The molecule has 1 aromatic rings. The lowest BCUT2D eigenvalue weighted by Gasteiger charge is -2.14. The van der Waals surface area contributed by atoms with Crippen LogP contribution in [-0.2, 0) is 17.6 Å². The van der Waals surface area contributed by atoms with Crippen molar-refractivity contribution in [3.8, 4) is 17.6 Å². The van der Waals surface area contributed by atoms with Crippen LogP contribution in [0.1, 0.15) is 61.8 Å². The van der Waals surface area contributed by atoms with Crippen molar-refractivity contribution in [1.29, 1.82) is 0 Å². The molecule has 0 spiro atoms. The predicted molar refractivity (Wildman–Crippen MR) is 92.1 cm³/mol. The lowest BCUT2D eigenvalue weighted by atomic mass is 10.0. The largest absolute Gasteiger partial charge is 0.493 e. The maximum atomic E-state index is 11.0. The van der Waals surface area contributed by atoms with Gasteiger partial charge in [-0.15, -0.1) is 11.8 Å². The van der Waals surface area contributed by atoms with Crippen molar-refractivity contribution in [2.45, 2.75) is 57.9 Å². The van der Waals surface area contributed by atoms with Gasteiger partial charge in [0.1, 0.15) is 11.8 Å². The van der Waals surface area contributed by atoms with Crippen LogP contribution >= 0.6 is 0 Å². The molecular weight excluding hydrogens is 306 g/mol.